The Bertz CT molecular complexity index is 1240. The molecular formula is C23H25F2N7O2. The Morgan fingerprint density at radius 1 is 1.24 bits per heavy atom. The van der Waals surface area contributed by atoms with E-state index in [9.17, 15) is 18.4 Å². The van der Waals surface area contributed by atoms with E-state index in [1.807, 2.05) is 30.9 Å². The fourth-order valence-electron chi connectivity index (χ4n) is 3.84. The van der Waals surface area contributed by atoms with Gasteiger partial charge in [0.05, 0.1) is 12.7 Å². The second kappa shape index (κ2) is 9.94. The minimum atomic E-state index is -2.64. The topological polar surface area (TPSA) is 105 Å². The number of carbonyl (C=O) groups excluding carboxylic acids is 2. The molecule has 0 radical (unpaired) electrons. The molecule has 0 bridgehead atoms. The number of aromatic nitrogens is 4. The van der Waals surface area contributed by atoms with Gasteiger partial charge in [0.25, 0.3) is 18.2 Å². The number of alkyl halides is 2. The van der Waals surface area contributed by atoms with Crippen LogP contribution >= 0.6 is 0 Å². The van der Waals surface area contributed by atoms with Crippen LogP contribution in [0, 0.1) is 6.92 Å². The smallest absolute Gasteiger partial charge is 0.271 e. The van der Waals surface area contributed by atoms with Gasteiger partial charge in [0.15, 0.2) is 11.3 Å². The van der Waals surface area contributed by atoms with Crippen LogP contribution in [-0.4, -0.2) is 63.5 Å². The van der Waals surface area contributed by atoms with Crippen molar-refractivity contribution < 1.29 is 18.4 Å². The second-order valence-electron chi connectivity index (χ2n) is 8.04. The predicted octanol–water partition coefficient (Wildman–Crippen LogP) is 2.47. The van der Waals surface area contributed by atoms with Crippen molar-refractivity contribution in [2.45, 2.75) is 32.7 Å². The van der Waals surface area contributed by atoms with E-state index in [4.69, 9.17) is 0 Å². The molecule has 0 aromatic carbocycles. The maximum atomic E-state index is 12.7. The first-order valence-electron chi connectivity index (χ1n) is 10.9. The summed E-state index contributed by atoms with van der Waals surface area (Å²) in [4.78, 5) is 35.3. The van der Waals surface area contributed by atoms with Crippen molar-refractivity contribution in [3.05, 3.63) is 59.2 Å². The summed E-state index contributed by atoms with van der Waals surface area (Å²) in [5.74, 6) is -0.319. The summed E-state index contributed by atoms with van der Waals surface area (Å²) < 4.78 is 26.2. The summed E-state index contributed by atoms with van der Waals surface area (Å²) in [6.07, 6.45) is 4.92. The zero-order valence-corrected chi connectivity index (χ0v) is 18.8. The number of hydrogen-bond donors (Lipinski definition) is 2. The fraction of sp³-hybridized carbons (Fsp3) is 0.348. The lowest BCUT2D eigenvalue weighted by Crippen LogP contribution is -2.37. The third-order valence-electron chi connectivity index (χ3n) is 5.58. The third-order valence-corrected chi connectivity index (χ3v) is 5.58. The van der Waals surface area contributed by atoms with Crippen LogP contribution in [0.4, 0.5) is 14.6 Å². The summed E-state index contributed by atoms with van der Waals surface area (Å²) in [6.45, 7) is 4.30. The van der Waals surface area contributed by atoms with Crippen LogP contribution in [-0.2, 0) is 0 Å². The number of aryl methyl sites for hydroxylation is 1. The minimum absolute atomic E-state index is 0.0735. The molecule has 2 amide bonds. The van der Waals surface area contributed by atoms with E-state index in [1.54, 1.807) is 24.4 Å². The molecule has 1 saturated heterocycles. The van der Waals surface area contributed by atoms with E-state index in [2.05, 4.69) is 25.7 Å². The number of rotatable bonds is 7. The quantitative estimate of drug-likeness (QED) is 0.551. The van der Waals surface area contributed by atoms with E-state index in [-0.39, 0.29) is 17.6 Å². The average molecular weight is 469 g/mol. The largest absolute Gasteiger partial charge is 0.353 e. The van der Waals surface area contributed by atoms with Crippen LogP contribution in [0.25, 0.3) is 11.7 Å². The molecule has 1 fully saturated rings. The van der Waals surface area contributed by atoms with Crippen molar-refractivity contribution in [1.82, 2.24) is 30.2 Å². The number of anilines is 1. The number of nitrogens with zero attached hydrogens (tertiary/aromatic N) is 5. The van der Waals surface area contributed by atoms with Crippen LogP contribution in [0.5, 0.6) is 0 Å². The van der Waals surface area contributed by atoms with Gasteiger partial charge in [-0.05, 0) is 49.6 Å². The normalized spacial score (nSPS) is 16.0. The summed E-state index contributed by atoms with van der Waals surface area (Å²) in [5.41, 5.74) is 2.80. The number of carbonyl (C=O) groups is 2. The van der Waals surface area contributed by atoms with Gasteiger partial charge < -0.3 is 15.5 Å². The van der Waals surface area contributed by atoms with Crippen molar-refractivity contribution in [1.29, 1.82) is 0 Å². The number of pyridine rings is 1. The standard InChI is InChI=1S/C23H25F2N7O2/c1-3-4-15-10-26-17(9-14(15)2)22(33)29-16-7-8-31(13-16)21-6-5-20-27-11-18(32(20)30-21)23(34)28-12-19(24)25/h3-6,9-11,16,19H,7-8,12-13H2,1-2H3,(H,28,34)(H,29,33)/b4-3-/t16-/m0/s1. The third kappa shape index (κ3) is 5.03. The van der Waals surface area contributed by atoms with Crippen LogP contribution in [0.15, 0.2) is 36.7 Å². The molecule has 1 aliphatic rings. The fourth-order valence-corrected chi connectivity index (χ4v) is 3.84. The van der Waals surface area contributed by atoms with Gasteiger partial charge in [0.1, 0.15) is 11.5 Å². The molecule has 11 heteroatoms. The summed E-state index contributed by atoms with van der Waals surface area (Å²) in [6, 6.07) is 5.15. The van der Waals surface area contributed by atoms with Crippen molar-refractivity contribution in [2.75, 3.05) is 24.5 Å². The molecule has 2 N–H and O–H groups in total. The second-order valence-corrected chi connectivity index (χ2v) is 8.04. The lowest BCUT2D eigenvalue weighted by Gasteiger charge is -2.18. The van der Waals surface area contributed by atoms with Crippen LogP contribution < -0.4 is 15.5 Å². The maximum absolute atomic E-state index is 12.7. The number of hydrogen-bond acceptors (Lipinski definition) is 6. The lowest BCUT2D eigenvalue weighted by molar-refractivity contribution is 0.0884. The Balaban J connectivity index is 1.43. The first kappa shape index (κ1) is 23.3. The zero-order chi connectivity index (χ0) is 24.2. The summed E-state index contributed by atoms with van der Waals surface area (Å²) in [7, 11) is 0. The molecule has 4 rings (SSSR count). The summed E-state index contributed by atoms with van der Waals surface area (Å²) in [5, 5.41) is 9.66. The number of nitrogens with one attached hydrogen (secondary N) is 2. The number of fused-ring (bicyclic) bond motifs is 1. The first-order chi connectivity index (χ1) is 16.4. The first-order valence-corrected chi connectivity index (χ1v) is 10.9. The van der Waals surface area contributed by atoms with Crippen LogP contribution in [0.2, 0.25) is 0 Å². The molecule has 4 heterocycles. The Kier molecular flexibility index (Phi) is 6.80. The van der Waals surface area contributed by atoms with Gasteiger partial charge in [-0.3, -0.25) is 14.6 Å². The van der Waals surface area contributed by atoms with Crippen molar-refractivity contribution in [3.8, 4) is 0 Å². The number of imidazole rings is 1. The molecule has 1 aliphatic heterocycles. The van der Waals surface area contributed by atoms with Gasteiger partial charge in [-0.25, -0.2) is 18.3 Å². The van der Waals surface area contributed by atoms with Gasteiger partial charge in [-0.2, -0.15) is 0 Å². The van der Waals surface area contributed by atoms with E-state index in [1.165, 1.54) is 10.7 Å². The molecule has 0 aliphatic carbocycles. The van der Waals surface area contributed by atoms with Gasteiger partial charge in [0, 0.05) is 25.3 Å². The Hall–Kier alpha value is -3.89. The number of amides is 2. The SMILES string of the molecule is C/C=C\c1cnc(C(=O)N[C@H]2CCN(c3ccc4ncc(C(=O)NCC(F)F)n4n3)C2)cc1C. The van der Waals surface area contributed by atoms with E-state index >= 15 is 0 Å². The average Bonchev–Trinajstić information content (AvgIpc) is 3.45. The minimum Gasteiger partial charge on any atom is -0.353 e. The van der Waals surface area contributed by atoms with Crippen LogP contribution in [0.3, 0.4) is 0 Å². The Labute approximate surface area is 194 Å². The molecule has 3 aromatic rings. The van der Waals surface area contributed by atoms with Gasteiger partial charge in [-0.1, -0.05) is 12.2 Å². The van der Waals surface area contributed by atoms with E-state index in [0.717, 1.165) is 11.1 Å². The molecule has 3 aromatic heterocycles. The van der Waals surface area contributed by atoms with E-state index in [0.29, 0.717) is 36.7 Å². The lowest BCUT2D eigenvalue weighted by atomic mass is 10.1. The highest BCUT2D eigenvalue weighted by Crippen LogP contribution is 2.20. The van der Waals surface area contributed by atoms with Crippen molar-refractivity contribution >= 4 is 29.4 Å². The highest BCUT2D eigenvalue weighted by molar-refractivity contribution is 5.93. The molecule has 9 nitrogen and oxygen atoms in total. The monoisotopic (exact) mass is 469 g/mol. The predicted molar refractivity (Wildman–Crippen MR) is 123 cm³/mol. The molecule has 0 spiro atoms. The molecule has 34 heavy (non-hydrogen) atoms. The maximum Gasteiger partial charge on any atom is 0.271 e. The highest BCUT2D eigenvalue weighted by Gasteiger charge is 2.26. The molecule has 178 valence electrons. The Morgan fingerprint density at radius 2 is 2.06 bits per heavy atom. The zero-order valence-electron chi connectivity index (χ0n) is 18.8. The van der Waals surface area contributed by atoms with E-state index < -0.39 is 18.9 Å². The summed E-state index contributed by atoms with van der Waals surface area (Å²) >= 11 is 0. The van der Waals surface area contributed by atoms with Crippen LogP contribution in [0.1, 0.15) is 45.4 Å². The highest BCUT2D eigenvalue weighted by atomic mass is 19.3. The Morgan fingerprint density at radius 3 is 2.79 bits per heavy atom. The van der Waals surface area contributed by atoms with Gasteiger partial charge in [0.2, 0.25) is 0 Å². The molecule has 0 unspecified atom stereocenters. The van der Waals surface area contributed by atoms with Gasteiger partial charge >= 0.3 is 0 Å². The van der Waals surface area contributed by atoms with Gasteiger partial charge in [-0.15, -0.1) is 5.10 Å². The number of halogens is 2. The van der Waals surface area contributed by atoms with Crippen molar-refractivity contribution in [2.24, 2.45) is 0 Å². The van der Waals surface area contributed by atoms with Crippen molar-refractivity contribution in [3.63, 3.8) is 0 Å². The molecule has 1 atom stereocenters. The number of allylic oxidation sites excluding steroid dienone is 1. The molecule has 0 saturated carbocycles. The molecular weight excluding hydrogens is 444 g/mol.